The number of rotatable bonds is 4. The molecule has 0 aromatic carbocycles. The minimum absolute atomic E-state index is 0.157. The van der Waals surface area contributed by atoms with Crippen LogP contribution in [-0.2, 0) is 20.8 Å². The van der Waals surface area contributed by atoms with E-state index >= 15 is 0 Å². The normalized spacial score (nSPS) is 33.1. The lowest BCUT2D eigenvalue weighted by atomic mass is 10.0. The molecule has 2 unspecified atom stereocenters. The van der Waals surface area contributed by atoms with Crippen LogP contribution < -0.4 is 0 Å². The van der Waals surface area contributed by atoms with Gasteiger partial charge in [0.1, 0.15) is 5.01 Å². The Morgan fingerprint density at radius 1 is 1.15 bits per heavy atom. The van der Waals surface area contributed by atoms with Crippen LogP contribution in [-0.4, -0.2) is 76.4 Å². The first-order chi connectivity index (χ1) is 12.7. The number of thiazole rings is 1. The Morgan fingerprint density at radius 3 is 2.81 bits per heavy atom. The molecule has 1 aliphatic carbocycles. The Balaban J connectivity index is 1.24. The summed E-state index contributed by atoms with van der Waals surface area (Å²) in [5.74, 6) is 0.629. The van der Waals surface area contributed by atoms with Crippen LogP contribution in [0.15, 0.2) is 10.4 Å². The molecule has 4 fully saturated rings. The highest BCUT2D eigenvalue weighted by Gasteiger charge is 2.47. The predicted molar refractivity (Wildman–Crippen MR) is 101 cm³/mol. The molecule has 26 heavy (non-hydrogen) atoms. The number of likely N-dealkylation sites (tertiary alicyclic amines) is 1. The quantitative estimate of drug-likeness (QED) is 0.724. The van der Waals surface area contributed by atoms with Crippen molar-refractivity contribution >= 4 is 22.7 Å². The summed E-state index contributed by atoms with van der Waals surface area (Å²) in [6, 6.07) is 0.621. The van der Waals surface area contributed by atoms with Gasteiger partial charge in [-0.25, -0.2) is 4.98 Å². The average Bonchev–Trinajstić information content (AvgIpc) is 3.28. The van der Waals surface area contributed by atoms with Crippen LogP contribution in [0, 0.1) is 0 Å². The Kier molecular flexibility index (Phi) is 5.02. The Morgan fingerprint density at radius 2 is 2.00 bits per heavy atom. The van der Waals surface area contributed by atoms with E-state index in [4.69, 9.17) is 9.47 Å². The lowest BCUT2D eigenvalue weighted by Gasteiger charge is -2.40. The summed E-state index contributed by atoms with van der Waals surface area (Å²) >= 11 is 0.536. The van der Waals surface area contributed by atoms with E-state index in [1.54, 1.807) is 11.3 Å². The fraction of sp³-hybridized carbons (Fsp3) is 0.833. The Hall–Kier alpha value is -0.220. The van der Waals surface area contributed by atoms with Crippen molar-refractivity contribution in [1.29, 1.82) is 0 Å². The third kappa shape index (κ3) is 3.57. The summed E-state index contributed by atoms with van der Waals surface area (Å²) in [6.07, 6.45) is 7.59. The molecular formula is C18H27N3O3S2. The standard InChI is InChI=1S/C18H27N3O3S2/c22-26(16-11-19-17(25-16)14-1-2-14)21-7-10-24-18(13-21)5-6-20(12-18)15-3-8-23-9-4-15/h11,14-15H,1-10,12-13H2. The molecule has 5 rings (SSSR count). The van der Waals surface area contributed by atoms with Gasteiger partial charge in [0.05, 0.1) is 42.9 Å². The Bertz CT molecular complexity index is 635. The molecule has 3 aliphatic heterocycles. The van der Waals surface area contributed by atoms with E-state index in [1.807, 2.05) is 6.20 Å². The molecular weight excluding hydrogens is 370 g/mol. The third-order valence-corrected chi connectivity index (χ3v) is 8.96. The second-order valence-corrected chi connectivity index (χ2v) is 10.8. The van der Waals surface area contributed by atoms with Crippen molar-refractivity contribution in [3.63, 3.8) is 0 Å². The van der Waals surface area contributed by atoms with Gasteiger partial charge in [-0.05, 0) is 32.1 Å². The van der Waals surface area contributed by atoms with Gasteiger partial charge in [0, 0.05) is 38.3 Å². The molecule has 3 saturated heterocycles. The molecule has 1 aromatic rings. The van der Waals surface area contributed by atoms with Gasteiger partial charge in [-0.15, -0.1) is 4.31 Å². The van der Waals surface area contributed by atoms with E-state index in [-0.39, 0.29) is 5.60 Å². The van der Waals surface area contributed by atoms with Gasteiger partial charge >= 0.3 is 0 Å². The average molecular weight is 398 g/mol. The monoisotopic (exact) mass is 397 g/mol. The van der Waals surface area contributed by atoms with Crippen LogP contribution in [0.1, 0.15) is 43.0 Å². The lowest BCUT2D eigenvalue weighted by molar-refractivity contribution is -0.0846. The second-order valence-electron chi connectivity index (χ2n) is 8.00. The zero-order valence-electron chi connectivity index (χ0n) is 15.1. The van der Waals surface area contributed by atoms with E-state index in [1.165, 1.54) is 17.8 Å². The maximum absolute atomic E-state index is 13.1. The molecule has 1 saturated carbocycles. The van der Waals surface area contributed by atoms with Gasteiger partial charge in [-0.2, -0.15) is 0 Å². The maximum atomic E-state index is 13.1. The fourth-order valence-electron chi connectivity index (χ4n) is 4.44. The van der Waals surface area contributed by atoms with Crippen molar-refractivity contribution < 1.29 is 14.0 Å². The van der Waals surface area contributed by atoms with Crippen molar-refractivity contribution in [1.82, 2.24) is 14.2 Å². The van der Waals surface area contributed by atoms with Crippen molar-refractivity contribution in [2.45, 2.75) is 53.9 Å². The molecule has 0 amide bonds. The number of hydrogen-bond donors (Lipinski definition) is 0. The summed E-state index contributed by atoms with van der Waals surface area (Å²) in [4.78, 5) is 7.08. The van der Waals surface area contributed by atoms with Crippen molar-refractivity contribution in [3.05, 3.63) is 11.2 Å². The molecule has 0 N–H and O–H groups in total. The summed E-state index contributed by atoms with van der Waals surface area (Å²) in [6.45, 7) is 5.96. The smallest absolute Gasteiger partial charge is 0.247 e. The molecule has 4 heterocycles. The van der Waals surface area contributed by atoms with Gasteiger partial charge < -0.3 is 14.0 Å². The highest BCUT2D eigenvalue weighted by molar-refractivity contribution is 7.91. The van der Waals surface area contributed by atoms with Crippen molar-refractivity contribution in [2.24, 2.45) is 0 Å². The Labute approximate surface area is 162 Å². The molecule has 1 spiro atoms. The topological polar surface area (TPSA) is 60.9 Å². The second kappa shape index (κ2) is 7.31. The zero-order valence-corrected chi connectivity index (χ0v) is 16.7. The van der Waals surface area contributed by atoms with Crippen LogP contribution in [0.3, 0.4) is 0 Å². The first-order valence-electron chi connectivity index (χ1n) is 9.81. The van der Waals surface area contributed by atoms with Gasteiger partial charge in [0.2, 0.25) is 4.21 Å². The van der Waals surface area contributed by atoms with Crippen LogP contribution in [0.25, 0.3) is 0 Å². The SMILES string of the molecule is [O-][S+](c1cnc(C2CC2)s1)N1CCOC2(CCN(C3CCOCC3)C2)C1. The van der Waals surface area contributed by atoms with Crippen LogP contribution in [0.4, 0.5) is 0 Å². The fourth-order valence-corrected chi connectivity index (χ4v) is 7.10. The highest BCUT2D eigenvalue weighted by atomic mass is 32.2. The lowest BCUT2D eigenvalue weighted by Crippen LogP contribution is -2.55. The molecule has 2 atom stereocenters. The maximum Gasteiger partial charge on any atom is 0.247 e. The summed E-state index contributed by atoms with van der Waals surface area (Å²) in [5, 5.41) is 1.17. The summed E-state index contributed by atoms with van der Waals surface area (Å²) < 4.78 is 27.9. The number of aromatic nitrogens is 1. The number of ether oxygens (including phenoxy) is 2. The van der Waals surface area contributed by atoms with E-state index in [0.29, 0.717) is 18.6 Å². The van der Waals surface area contributed by atoms with Crippen LogP contribution >= 0.6 is 11.3 Å². The molecule has 4 aliphatic rings. The first kappa shape index (κ1) is 17.8. The number of hydrogen-bond acceptors (Lipinski definition) is 7. The van der Waals surface area contributed by atoms with Gasteiger partial charge in [-0.1, -0.05) is 11.3 Å². The molecule has 0 bridgehead atoms. The van der Waals surface area contributed by atoms with E-state index in [2.05, 4.69) is 14.2 Å². The van der Waals surface area contributed by atoms with E-state index in [9.17, 15) is 4.55 Å². The van der Waals surface area contributed by atoms with Crippen LogP contribution in [0.2, 0.25) is 0 Å². The number of nitrogens with zero attached hydrogens (tertiary/aromatic N) is 3. The minimum atomic E-state index is -1.10. The van der Waals surface area contributed by atoms with Crippen molar-refractivity contribution in [3.8, 4) is 0 Å². The molecule has 144 valence electrons. The molecule has 1 aromatic heterocycles. The largest absolute Gasteiger partial charge is 0.592 e. The minimum Gasteiger partial charge on any atom is -0.592 e. The number of morpholine rings is 1. The van der Waals surface area contributed by atoms with Crippen molar-refractivity contribution in [2.75, 3.05) is 46.0 Å². The third-order valence-electron chi connectivity index (χ3n) is 6.10. The zero-order chi connectivity index (χ0) is 17.6. The first-order valence-corrected chi connectivity index (χ1v) is 11.7. The summed E-state index contributed by atoms with van der Waals surface area (Å²) in [7, 11) is 0. The molecule has 0 radical (unpaired) electrons. The van der Waals surface area contributed by atoms with Gasteiger partial charge in [-0.3, -0.25) is 4.90 Å². The van der Waals surface area contributed by atoms with Gasteiger partial charge in [0.15, 0.2) is 0 Å². The predicted octanol–water partition coefficient (Wildman–Crippen LogP) is 2.00. The summed E-state index contributed by atoms with van der Waals surface area (Å²) in [5.41, 5.74) is -0.157. The molecule has 8 heteroatoms. The van der Waals surface area contributed by atoms with Crippen LogP contribution in [0.5, 0.6) is 0 Å². The van der Waals surface area contributed by atoms with E-state index in [0.717, 1.165) is 62.9 Å². The van der Waals surface area contributed by atoms with E-state index < -0.39 is 11.4 Å². The highest BCUT2D eigenvalue weighted by Crippen LogP contribution is 2.43. The van der Waals surface area contributed by atoms with Gasteiger partial charge in [0.25, 0.3) is 0 Å². The molecule has 6 nitrogen and oxygen atoms in total.